The third kappa shape index (κ3) is 3.91. The van der Waals surface area contributed by atoms with Gasteiger partial charge in [-0.3, -0.25) is 4.79 Å². The minimum Gasteiger partial charge on any atom is -0.485 e. The van der Waals surface area contributed by atoms with Gasteiger partial charge in [0.2, 0.25) is 5.78 Å². The molecule has 1 heterocycles. The second-order valence-corrected chi connectivity index (χ2v) is 7.39. The van der Waals surface area contributed by atoms with Gasteiger partial charge in [0, 0.05) is 28.6 Å². The van der Waals surface area contributed by atoms with Crippen molar-refractivity contribution in [2.45, 2.75) is 40.2 Å². The van der Waals surface area contributed by atoms with Crippen LogP contribution in [0.3, 0.4) is 0 Å². The number of benzene rings is 1. The van der Waals surface area contributed by atoms with Gasteiger partial charge in [0.15, 0.2) is 6.61 Å². The lowest BCUT2D eigenvalue weighted by Crippen LogP contribution is -2.24. The van der Waals surface area contributed by atoms with Gasteiger partial charge < -0.3 is 9.30 Å². The van der Waals surface area contributed by atoms with Gasteiger partial charge in [-0.1, -0.05) is 23.2 Å². The molecule has 1 aromatic carbocycles. The molecular weight excluding hydrogens is 333 g/mol. The van der Waals surface area contributed by atoms with Crippen molar-refractivity contribution in [2.75, 3.05) is 6.61 Å². The third-order valence-electron chi connectivity index (χ3n) is 3.66. The number of Topliss-reactive ketones (excluding diaryl/α,β-unsaturated/α-hetero) is 1. The van der Waals surface area contributed by atoms with E-state index in [1.807, 2.05) is 19.9 Å². The monoisotopic (exact) mass is 353 g/mol. The van der Waals surface area contributed by atoms with Crippen LogP contribution in [0.25, 0.3) is 0 Å². The van der Waals surface area contributed by atoms with Gasteiger partial charge in [0.1, 0.15) is 5.75 Å². The smallest absolute Gasteiger partial charge is 0.202 e. The van der Waals surface area contributed by atoms with Gasteiger partial charge in [0.05, 0.1) is 10.0 Å². The number of aromatic nitrogens is 1. The molecule has 0 N–H and O–H groups in total. The summed E-state index contributed by atoms with van der Waals surface area (Å²) in [5.74, 6) is 0.469. The molecule has 2 aromatic rings. The van der Waals surface area contributed by atoms with E-state index in [2.05, 4.69) is 25.3 Å². The van der Waals surface area contributed by atoms with E-state index in [0.29, 0.717) is 21.4 Å². The highest BCUT2D eigenvalue weighted by Gasteiger charge is 2.22. The summed E-state index contributed by atoms with van der Waals surface area (Å²) in [6.45, 7) is 10.3. The lowest BCUT2D eigenvalue weighted by Gasteiger charge is -2.25. The van der Waals surface area contributed by atoms with Crippen molar-refractivity contribution < 1.29 is 9.53 Å². The maximum absolute atomic E-state index is 12.5. The molecule has 0 saturated heterocycles. The maximum atomic E-state index is 12.5. The minimum atomic E-state index is -0.0722. The number of rotatable bonds is 4. The number of hydrogen-bond donors (Lipinski definition) is 0. The van der Waals surface area contributed by atoms with Gasteiger partial charge in [-0.15, -0.1) is 0 Å². The fraction of sp³-hybridized carbons (Fsp3) is 0.389. The Balaban J connectivity index is 2.17. The van der Waals surface area contributed by atoms with E-state index < -0.39 is 0 Å². The predicted octanol–water partition coefficient (Wildman–Crippen LogP) is 5.43. The van der Waals surface area contributed by atoms with Crippen LogP contribution in [0.4, 0.5) is 0 Å². The molecule has 3 nitrogen and oxygen atoms in total. The second-order valence-electron chi connectivity index (χ2n) is 6.58. The Bertz CT molecular complexity index is 742. The summed E-state index contributed by atoms with van der Waals surface area (Å²) in [5, 5.41) is 0.863. The summed E-state index contributed by atoms with van der Waals surface area (Å²) in [7, 11) is 0. The van der Waals surface area contributed by atoms with Crippen LogP contribution in [0.15, 0.2) is 24.3 Å². The van der Waals surface area contributed by atoms with Crippen molar-refractivity contribution >= 4 is 29.0 Å². The largest absolute Gasteiger partial charge is 0.485 e. The minimum absolute atomic E-state index is 0.0353. The lowest BCUT2D eigenvalue weighted by atomic mass is 10.1. The molecule has 0 aliphatic heterocycles. The molecule has 2 rings (SSSR count). The van der Waals surface area contributed by atoms with Crippen LogP contribution in [0, 0.1) is 13.8 Å². The van der Waals surface area contributed by atoms with E-state index in [1.54, 1.807) is 18.2 Å². The van der Waals surface area contributed by atoms with E-state index in [-0.39, 0.29) is 17.9 Å². The van der Waals surface area contributed by atoms with E-state index >= 15 is 0 Å². The molecular formula is C18H21Cl2NO2. The molecule has 5 heteroatoms. The highest BCUT2D eigenvalue weighted by atomic mass is 35.5. The molecule has 0 spiro atoms. The first kappa shape index (κ1) is 17.9. The van der Waals surface area contributed by atoms with Crippen LogP contribution < -0.4 is 4.74 Å². The number of ketones is 1. The summed E-state index contributed by atoms with van der Waals surface area (Å²) in [6, 6.07) is 6.87. The number of carbonyl (C=O) groups is 1. The molecule has 0 unspecified atom stereocenters. The number of hydrogen-bond acceptors (Lipinski definition) is 2. The molecule has 0 atom stereocenters. The van der Waals surface area contributed by atoms with Crippen molar-refractivity contribution in [1.29, 1.82) is 0 Å². The van der Waals surface area contributed by atoms with Crippen molar-refractivity contribution in [3.63, 3.8) is 0 Å². The molecule has 0 bridgehead atoms. The summed E-state index contributed by atoms with van der Waals surface area (Å²) in [4.78, 5) is 12.5. The highest BCUT2D eigenvalue weighted by molar-refractivity contribution is 6.42. The topological polar surface area (TPSA) is 31.2 Å². The van der Waals surface area contributed by atoms with Crippen molar-refractivity contribution in [2.24, 2.45) is 0 Å². The first-order valence-corrected chi connectivity index (χ1v) is 8.17. The van der Waals surface area contributed by atoms with E-state index in [4.69, 9.17) is 27.9 Å². The van der Waals surface area contributed by atoms with Gasteiger partial charge in [-0.05, 0) is 52.8 Å². The summed E-state index contributed by atoms with van der Waals surface area (Å²) in [6.07, 6.45) is 0. The number of ether oxygens (including phenoxy) is 1. The molecule has 0 aliphatic carbocycles. The quantitative estimate of drug-likeness (QED) is 0.686. The molecule has 23 heavy (non-hydrogen) atoms. The maximum Gasteiger partial charge on any atom is 0.202 e. The zero-order valence-electron chi connectivity index (χ0n) is 14.0. The van der Waals surface area contributed by atoms with Gasteiger partial charge in [-0.25, -0.2) is 0 Å². The Morgan fingerprint density at radius 3 is 2.30 bits per heavy atom. The van der Waals surface area contributed by atoms with Gasteiger partial charge in [0.25, 0.3) is 0 Å². The third-order valence-corrected chi connectivity index (χ3v) is 4.40. The molecule has 0 radical (unpaired) electrons. The fourth-order valence-electron chi connectivity index (χ4n) is 2.87. The van der Waals surface area contributed by atoms with Crippen LogP contribution in [-0.4, -0.2) is 17.0 Å². The summed E-state index contributed by atoms with van der Waals surface area (Å²) in [5.41, 5.74) is 2.64. The summed E-state index contributed by atoms with van der Waals surface area (Å²) < 4.78 is 7.71. The Kier molecular flexibility index (Phi) is 5.12. The van der Waals surface area contributed by atoms with Crippen molar-refractivity contribution in [3.05, 3.63) is 51.3 Å². The van der Waals surface area contributed by atoms with Gasteiger partial charge >= 0.3 is 0 Å². The predicted molar refractivity (Wildman–Crippen MR) is 95.2 cm³/mol. The zero-order chi connectivity index (χ0) is 17.4. The standard InChI is InChI=1S/C18H21Cl2NO2/c1-11-8-14(12(2)21(11)18(3,4)5)17(22)10-23-13-6-7-15(19)16(20)9-13/h6-9H,10H2,1-5H3. The molecule has 0 aliphatic rings. The average molecular weight is 354 g/mol. The summed E-state index contributed by atoms with van der Waals surface area (Å²) >= 11 is 11.8. The zero-order valence-corrected chi connectivity index (χ0v) is 15.5. The number of aryl methyl sites for hydroxylation is 1. The lowest BCUT2D eigenvalue weighted by molar-refractivity contribution is 0.0920. The van der Waals surface area contributed by atoms with Crippen molar-refractivity contribution in [1.82, 2.24) is 4.57 Å². The van der Waals surface area contributed by atoms with Crippen LogP contribution in [0.1, 0.15) is 42.5 Å². The Hall–Kier alpha value is -1.45. The molecule has 124 valence electrons. The Morgan fingerprint density at radius 1 is 1.13 bits per heavy atom. The Labute approximate surface area is 147 Å². The Morgan fingerprint density at radius 2 is 1.78 bits per heavy atom. The van der Waals surface area contributed by atoms with Crippen LogP contribution in [0.2, 0.25) is 10.0 Å². The first-order chi connectivity index (χ1) is 10.6. The van der Waals surface area contributed by atoms with Gasteiger partial charge in [-0.2, -0.15) is 0 Å². The number of halogens is 2. The number of carbonyl (C=O) groups excluding carboxylic acids is 1. The highest BCUT2D eigenvalue weighted by Crippen LogP contribution is 2.27. The second kappa shape index (κ2) is 6.58. The molecule has 1 aromatic heterocycles. The van der Waals surface area contributed by atoms with E-state index in [1.165, 1.54) is 0 Å². The fourth-order valence-corrected chi connectivity index (χ4v) is 3.16. The van der Waals surface area contributed by atoms with E-state index in [0.717, 1.165) is 11.4 Å². The van der Waals surface area contributed by atoms with Crippen LogP contribution >= 0.6 is 23.2 Å². The molecule has 0 fully saturated rings. The van der Waals surface area contributed by atoms with Crippen molar-refractivity contribution in [3.8, 4) is 5.75 Å². The van der Waals surface area contributed by atoms with Crippen LogP contribution in [0.5, 0.6) is 5.75 Å². The molecule has 0 amide bonds. The molecule has 0 saturated carbocycles. The van der Waals surface area contributed by atoms with E-state index in [9.17, 15) is 4.79 Å². The average Bonchev–Trinajstić information content (AvgIpc) is 2.74. The normalized spacial score (nSPS) is 11.6. The first-order valence-electron chi connectivity index (χ1n) is 7.41. The number of nitrogens with zero attached hydrogens (tertiary/aromatic N) is 1. The van der Waals surface area contributed by atoms with Crippen LogP contribution in [-0.2, 0) is 5.54 Å². The SMILES string of the molecule is Cc1cc(C(=O)COc2ccc(Cl)c(Cl)c2)c(C)n1C(C)(C)C.